The smallest absolute Gasteiger partial charge is 0.407 e. The van der Waals surface area contributed by atoms with Crippen LogP contribution in [-0.4, -0.2) is 73.7 Å². The van der Waals surface area contributed by atoms with Gasteiger partial charge < -0.3 is 34.5 Å². The predicted octanol–water partition coefficient (Wildman–Crippen LogP) is 1.73. The van der Waals surface area contributed by atoms with Crippen LogP contribution in [0.4, 0.5) is 4.79 Å². The SMILES string of the molecule is CO[C@H]1O[C@H](C(=O)O)[C@@H](O)[C@H](OC)[C@H]1NC(=O)OCC1c2ccccc2-c2ccccc21. The number of rotatable bonds is 6. The van der Waals surface area contributed by atoms with E-state index >= 15 is 0 Å². The van der Waals surface area contributed by atoms with E-state index in [2.05, 4.69) is 5.32 Å². The minimum atomic E-state index is -1.55. The van der Waals surface area contributed by atoms with Crippen molar-refractivity contribution in [3.63, 3.8) is 0 Å². The minimum absolute atomic E-state index is 0.100. The lowest BCUT2D eigenvalue weighted by atomic mass is 9.96. The highest BCUT2D eigenvalue weighted by Crippen LogP contribution is 2.44. The van der Waals surface area contributed by atoms with Crippen molar-refractivity contribution in [1.82, 2.24) is 5.32 Å². The number of methoxy groups -OCH3 is 2. The average molecular weight is 443 g/mol. The van der Waals surface area contributed by atoms with Crippen LogP contribution in [0.1, 0.15) is 17.0 Å². The molecule has 0 unspecified atom stereocenters. The van der Waals surface area contributed by atoms with Gasteiger partial charge in [0, 0.05) is 20.1 Å². The Hall–Kier alpha value is -2.98. The normalized spacial score (nSPS) is 26.8. The molecule has 1 aliphatic heterocycles. The van der Waals surface area contributed by atoms with Gasteiger partial charge in [-0.3, -0.25) is 0 Å². The van der Waals surface area contributed by atoms with E-state index in [0.29, 0.717) is 0 Å². The van der Waals surface area contributed by atoms with E-state index in [1.165, 1.54) is 14.2 Å². The molecule has 2 aromatic carbocycles. The lowest BCUT2D eigenvalue weighted by molar-refractivity contribution is -0.260. The third-order valence-corrected chi connectivity index (χ3v) is 5.95. The molecule has 2 aliphatic rings. The van der Waals surface area contributed by atoms with Gasteiger partial charge in [0.25, 0.3) is 0 Å². The Bertz CT molecular complexity index is 950. The number of aliphatic carboxylic acids is 1. The van der Waals surface area contributed by atoms with Crippen molar-refractivity contribution < 1.29 is 38.7 Å². The first-order chi connectivity index (χ1) is 15.5. The summed E-state index contributed by atoms with van der Waals surface area (Å²) >= 11 is 0. The van der Waals surface area contributed by atoms with Crippen LogP contribution < -0.4 is 5.32 Å². The van der Waals surface area contributed by atoms with Crippen LogP contribution in [0.2, 0.25) is 0 Å². The van der Waals surface area contributed by atoms with Crippen molar-refractivity contribution in [3.05, 3.63) is 59.7 Å². The fourth-order valence-corrected chi connectivity index (χ4v) is 4.47. The second kappa shape index (κ2) is 9.25. The number of carbonyl (C=O) groups is 2. The number of alkyl carbamates (subject to hydrolysis) is 1. The number of carboxylic acid groups (broad SMARTS) is 1. The van der Waals surface area contributed by atoms with Crippen LogP contribution in [0.25, 0.3) is 11.1 Å². The number of aliphatic hydroxyl groups is 1. The number of ether oxygens (including phenoxy) is 4. The van der Waals surface area contributed by atoms with Crippen molar-refractivity contribution in [1.29, 1.82) is 0 Å². The molecule has 3 N–H and O–H groups in total. The lowest BCUT2D eigenvalue weighted by Gasteiger charge is -2.42. The van der Waals surface area contributed by atoms with E-state index in [1.807, 2.05) is 48.5 Å². The average Bonchev–Trinajstić information content (AvgIpc) is 3.11. The Morgan fingerprint density at radius 2 is 1.59 bits per heavy atom. The van der Waals surface area contributed by atoms with Crippen molar-refractivity contribution in [2.45, 2.75) is 36.6 Å². The van der Waals surface area contributed by atoms with Gasteiger partial charge in [-0.2, -0.15) is 0 Å². The number of carbonyl (C=O) groups excluding carboxylic acids is 1. The van der Waals surface area contributed by atoms with Crippen LogP contribution in [0, 0.1) is 0 Å². The lowest BCUT2D eigenvalue weighted by Crippen LogP contribution is -2.66. The summed E-state index contributed by atoms with van der Waals surface area (Å²) in [5.41, 5.74) is 4.37. The Labute approximate surface area is 184 Å². The van der Waals surface area contributed by atoms with Crippen molar-refractivity contribution >= 4 is 12.1 Å². The summed E-state index contributed by atoms with van der Waals surface area (Å²) < 4.78 is 21.3. The first kappa shape index (κ1) is 22.2. The second-order valence-electron chi connectivity index (χ2n) is 7.69. The van der Waals surface area contributed by atoms with Crippen molar-refractivity contribution in [2.75, 3.05) is 20.8 Å². The third-order valence-electron chi connectivity index (χ3n) is 5.95. The Morgan fingerprint density at radius 3 is 2.12 bits per heavy atom. The highest BCUT2D eigenvalue weighted by Gasteiger charge is 2.49. The zero-order chi connectivity index (χ0) is 22.8. The van der Waals surface area contributed by atoms with Gasteiger partial charge in [0.05, 0.1) is 0 Å². The van der Waals surface area contributed by atoms with Crippen LogP contribution in [0.15, 0.2) is 48.5 Å². The summed E-state index contributed by atoms with van der Waals surface area (Å²) in [4.78, 5) is 24.0. The molecule has 1 heterocycles. The van der Waals surface area contributed by atoms with Crippen molar-refractivity contribution in [3.8, 4) is 11.1 Å². The third kappa shape index (κ3) is 3.95. The summed E-state index contributed by atoms with van der Waals surface area (Å²) in [7, 11) is 2.61. The molecule has 0 spiro atoms. The van der Waals surface area contributed by atoms with Crippen molar-refractivity contribution in [2.24, 2.45) is 0 Å². The molecule has 32 heavy (non-hydrogen) atoms. The second-order valence-corrected chi connectivity index (χ2v) is 7.69. The van der Waals surface area contributed by atoms with Gasteiger partial charge in [0.2, 0.25) is 0 Å². The van der Waals surface area contributed by atoms with Crippen LogP contribution >= 0.6 is 0 Å². The quantitative estimate of drug-likeness (QED) is 0.617. The molecule has 1 saturated heterocycles. The summed E-state index contributed by atoms with van der Waals surface area (Å²) in [6, 6.07) is 15.0. The van der Waals surface area contributed by atoms with Gasteiger partial charge in [-0.25, -0.2) is 9.59 Å². The molecule has 0 saturated carbocycles. The van der Waals surface area contributed by atoms with E-state index < -0.39 is 42.7 Å². The van der Waals surface area contributed by atoms with E-state index in [4.69, 9.17) is 18.9 Å². The maximum absolute atomic E-state index is 12.6. The van der Waals surface area contributed by atoms with E-state index in [9.17, 15) is 19.8 Å². The summed E-state index contributed by atoms with van der Waals surface area (Å²) in [6.07, 6.45) is -6.04. The Kier molecular flexibility index (Phi) is 6.43. The molecular weight excluding hydrogens is 418 g/mol. The highest BCUT2D eigenvalue weighted by atomic mass is 16.7. The van der Waals surface area contributed by atoms with Gasteiger partial charge in [-0.15, -0.1) is 0 Å². The standard InChI is InChI=1S/C23H25NO8/c1-29-19-17(22(30-2)32-20(18(19)25)21(26)27)24-23(28)31-11-16-14-9-5-3-7-12(14)13-8-4-6-10-15(13)16/h3-10,16-20,22,25H,11H2,1-2H3,(H,24,28)(H,26,27)/t17-,18+,19-,20+,22+/m1/s1. The summed E-state index contributed by atoms with van der Waals surface area (Å²) in [5.74, 6) is -1.48. The summed E-state index contributed by atoms with van der Waals surface area (Å²) in [6.45, 7) is 0.100. The molecule has 4 rings (SSSR count). The molecule has 1 fully saturated rings. The van der Waals surface area contributed by atoms with Gasteiger partial charge in [-0.1, -0.05) is 48.5 Å². The van der Waals surface area contributed by atoms with Gasteiger partial charge in [0.15, 0.2) is 12.4 Å². The molecule has 1 amide bonds. The highest BCUT2D eigenvalue weighted by molar-refractivity contribution is 5.79. The van der Waals surface area contributed by atoms with Gasteiger partial charge in [0.1, 0.15) is 24.9 Å². The number of hydrogen-bond donors (Lipinski definition) is 3. The topological polar surface area (TPSA) is 124 Å². The van der Waals surface area contributed by atoms with E-state index in [1.54, 1.807) is 0 Å². The van der Waals surface area contributed by atoms with E-state index in [-0.39, 0.29) is 12.5 Å². The molecular formula is C23H25NO8. The number of nitrogens with one attached hydrogen (secondary N) is 1. The number of aliphatic hydroxyl groups excluding tert-OH is 1. The number of amides is 1. The molecule has 0 aromatic heterocycles. The predicted molar refractivity (Wildman–Crippen MR) is 112 cm³/mol. The first-order valence-corrected chi connectivity index (χ1v) is 10.2. The number of fused-ring (bicyclic) bond motifs is 3. The maximum Gasteiger partial charge on any atom is 0.407 e. The molecule has 5 atom stereocenters. The molecule has 9 nitrogen and oxygen atoms in total. The first-order valence-electron chi connectivity index (χ1n) is 10.2. The van der Waals surface area contributed by atoms with E-state index in [0.717, 1.165) is 22.3 Å². The zero-order valence-corrected chi connectivity index (χ0v) is 17.6. The molecule has 0 radical (unpaired) electrons. The fourth-order valence-electron chi connectivity index (χ4n) is 4.47. The van der Waals surface area contributed by atoms with Gasteiger partial charge >= 0.3 is 12.1 Å². The minimum Gasteiger partial charge on any atom is -0.479 e. The van der Waals surface area contributed by atoms with Crippen LogP contribution in [0.5, 0.6) is 0 Å². The maximum atomic E-state index is 12.6. The summed E-state index contributed by atoms with van der Waals surface area (Å²) in [5, 5.41) is 22.2. The molecule has 2 aromatic rings. The molecule has 9 heteroatoms. The number of hydrogen-bond acceptors (Lipinski definition) is 7. The Morgan fingerprint density at radius 1 is 1.00 bits per heavy atom. The monoisotopic (exact) mass is 443 g/mol. The van der Waals surface area contributed by atoms with Crippen LogP contribution in [0.3, 0.4) is 0 Å². The van der Waals surface area contributed by atoms with Gasteiger partial charge in [-0.05, 0) is 22.3 Å². The number of carboxylic acids is 1. The Balaban J connectivity index is 1.46. The zero-order valence-electron chi connectivity index (χ0n) is 17.6. The fraction of sp³-hybridized carbons (Fsp3) is 0.391. The molecule has 1 aliphatic carbocycles. The molecule has 0 bridgehead atoms. The largest absolute Gasteiger partial charge is 0.479 e. The van der Waals surface area contributed by atoms with Crippen LogP contribution in [-0.2, 0) is 23.7 Å². The molecule has 170 valence electrons. The number of benzene rings is 2.